The molecule has 0 radical (unpaired) electrons. The largest absolute Gasteiger partial charge is 0.491 e. The van der Waals surface area contributed by atoms with Crippen LogP contribution in [0.2, 0.25) is 0 Å². The number of anilines is 1. The van der Waals surface area contributed by atoms with Gasteiger partial charge >= 0.3 is 0 Å². The van der Waals surface area contributed by atoms with Crippen LogP contribution in [0.4, 0.5) is 5.69 Å². The molecule has 3 rings (SSSR count). The molecule has 5 nitrogen and oxygen atoms in total. The average molecular weight is 335 g/mol. The van der Waals surface area contributed by atoms with Gasteiger partial charge in [-0.3, -0.25) is 4.79 Å². The van der Waals surface area contributed by atoms with Crippen molar-refractivity contribution in [2.45, 2.75) is 19.8 Å². The Balaban J connectivity index is 1.56. The zero-order chi connectivity index (χ0) is 17.5. The summed E-state index contributed by atoms with van der Waals surface area (Å²) in [5, 5.41) is 2.84. The molecule has 0 bridgehead atoms. The Morgan fingerprint density at radius 2 is 1.88 bits per heavy atom. The highest BCUT2D eigenvalue weighted by atomic mass is 16.5. The minimum absolute atomic E-state index is 0.284. The summed E-state index contributed by atoms with van der Waals surface area (Å²) in [7, 11) is 0. The maximum absolute atomic E-state index is 12.2. The summed E-state index contributed by atoms with van der Waals surface area (Å²) >= 11 is 0. The molecule has 1 amide bonds. The number of aryl methyl sites for hydroxylation is 2. The van der Waals surface area contributed by atoms with Gasteiger partial charge in [-0.15, -0.1) is 0 Å². The van der Waals surface area contributed by atoms with Gasteiger partial charge in [-0.25, -0.2) is 4.98 Å². The second-order valence-corrected chi connectivity index (χ2v) is 5.80. The van der Waals surface area contributed by atoms with Crippen LogP contribution in [0, 0.1) is 6.92 Å². The van der Waals surface area contributed by atoms with Crippen molar-refractivity contribution in [3.8, 4) is 5.75 Å². The van der Waals surface area contributed by atoms with Crippen molar-refractivity contribution in [1.82, 2.24) is 9.97 Å². The number of ether oxygens (including phenoxy) is 1. The van der Waals surface area contributed by atoms with Gasteiger partial charge in [0.2, 0.25) is 0 Å². The maximum atomic E-state index is 12.2. The van der Waals surface area contributed by atoms with Crippen LogP contribution in [-0.2, 0) is 6.42 Å². The van der Waals surface area contributed by atoms with Crippen molar-refractivity contribution < 1.29 is 9.53 Å². The van der Waals surface area contributed by atoms with Crippen molar-refractivity contribution in [3.63, 3.8) is 0 Å². The molecule has 5 heteroatoms. The number of nitrogens with one attached hydrogen (secondary N) is 2. The van der Waals surface area contributed by atoms with E-state index in [4.69, 9.17) is 4.74 Å². The zero-order valence-electron chi connectivity index (χ0n) is 14.2. The molecular weight excluding hydrogens is 314 g/mol. The first-order valence-electron chi connectivity index (χ1n) is 8.31. The van der Waals surface area contributed by atoms with Gasteiger partial charge < -0.3 is 15.0 Å². The summed E-state index contributed by atoms with van der Waals surface area (Å²) in [4.78, 5) is 19.2. The van der Waals surface area contributed by atoms with E-state index >= 15 is 0 Å². The van der Waals surface area contributed by atoms with Crippen molar-refractivity contribution in [2.24, 2.45) is 0 Å². The topological polar surface area (TPSA) is 67.0 Å². The van der Waals surface area contributed by atoms with E-state index in [2.05, 4.69) is 27.4 Å². The molecule has 0 fully saturated rings. The number of hydrogen-bond donors (Lipinski definition) is 2. The Labute approximate surface area is 147 Å². The highest BCUT2D eigenvalue weighted by molar-refractivity contribution is 6.02. The minimum Gasteiger partial charge on any atom is -0.491 e. The van der Waals surface area contributed by atoms with Gasteiger partial charge in [0.05, 0.1) is 12.3 Å². The summed E-state index contributed by atoms with van der Waals surface area (Å²) in [6, 6.07) is 17.7. The molecule has 0 unspecified atom stereocenters. The number of nitrogens with zero attached hydrogens (tertiary/aromatic N) is 1. The lowest BCUT2D eigenvalue weighted by Crippen LogP contribution is -2.14. The minimum atomic E-state index is -0.284. The van der Waals surface area contributed by atoms with E-state index < -0.39 is 0 Å². The lowest BCUT2D eigenvalue weighted by atomic mass is 10.1. The first kappa shape index (κ1) is 16.8. The summed E-state index contributed by atoms with van der Waals surface area (Å²) in [5.41, 5.74) is 2.78. The predicted octanol–water partition coefficient (Wildman–Crippen LogP) is 3.98. The summed E-state index contributed by atoms with van der Waals surface area (Å²) in [6.07, 6.45) is 3.49. The van der Waals surface area contributed by atoms with E-state index in [9.17, 15) is 4.79 Å². The highest BCUT2D eigenvalue weighted by Crippen LogP contribution is 2.24. The number of carbonyl (C=O) groups is 1. The molecule has 1 heterocycles. The first-order valence-corrected chi connectivity index (χ1v) is 8.31. The third kappa shape index (κ3) is 4.70. The lowest BCUT2D eigenvalue weighted by Gasteiger charge is -2.12. The van der Waals surface area contributed by atoms with E-state index in [0.29, 0.717) is 18.0 Å². The Morgan fingerprint density at radius 3 is 2.64 bits per heavy atom. The second kappa shape index (κ2) is 8.15. The number of H-pyrrole nitrogens is 1. The molecule has 128 valence electrons. The molecule has 0 saturated carbocycles. The van der Waals surface area contributed by atoms with E-state index in [1.54, 1.807) is 6.20 Å². The molecule has 0 aliphatic heterocycles. The standard InChI is InChI=1S/C20H21N3O2/c1-15-14-21-19(22-15)20(24)23-17-11-5-6-12-18(17)25-13-7-10-16-8-3-2-4-9-16/h2-6,8-9,11-12,14H,7,10,13H2,1H3,(H,21,22)(H,23,24). The molecule has 0 spiro atoms. The van der Waals surface area contributed by atoms with Gasteiger partial charge in [-0.05, 0) is 37.5 Å². The molecular formula is C20H21N3O2. The van der Waals surface area contributed by atoms with E-state index in [-0.39, 0.29) is 11.7 Å². The lowest BCUT2D eigenvalue weighted by molar-refractivity contribution is 0.101. The molecule has 2 aromatic carbocycles. The van der Waals surface area contributed by atoms with Gasteiger partial charge in [0.15, 0.2) is 5.82 Å². The second-order valence-electron chi connectivity index (χ2n) is 5.80. The fourth-order valence-corrected chi connectivity index (χ4v) is 2.51. The Kier molecular flexibility index (Phi) is 5.46. The van der Waals surface area contributed by atoms with Gasteiger partial charge in [0.25, 0.3) is 5.91 Å². The number of amides is 1. The van der Waals surface area contributed by atoms with Crippen molar-refractivity contribution in [2.75, 3.05) is 11.9 Å². The monoisotopic (exact) mass is 335 g/mol. The van der Waals surface area contributed by atoms with Gasteiger partial charge in [-0.1, -0.05) is 42.5 Å². The molecule has 25 heavy (non-hydrogen) atoms. The third-order valence-corrected chi connectivity index (χ3v) is 3.76. The van der Waals surface area contributed by atoms with Gasteiger partial charge in [0.1, 0.15) is 5.75 Å². The van der Waals surface area contributed by atoms with Crippen LogP contribution in [0.15, 0.2) is 60.8 Å². The van der Waals surface area contributed by atoms with Crippen LogP contribution < -0.4 is 10.1 Å². The van der Waals surface area contributed by atoms with Crippen LogP contribution in [0.1, 0.15) is 28.3 Å². The Hall–Kier alpha value is -3.08. The number of benzene rings is 2. The molecule has 0 aliphatic rings. The number of carbonyl (C=O) groups excluding carboxylic acids is 1. The summed E-state index contributed by atoms with van der Waals surface area (Å²) in [5.74, 6) is 0.664. The normalized spacial score (nSPS) is 10.4. The van der Waals surface area contributed by atoms with E-state index in [0.717, 1.165) is 18.5 Å². The average Bonchev–Trinajstić information content (AvgIpc) is 3.07. The number of aromatic nitrogens is 2. The Bertz CT molecular complexity index is 828. The number of imidazole rings is 1. The van der Waals surface area contributed by atoms with Crippen LogP contribution in [-0.4, -0.2) is 22.5 Å². The van der Waals surface area contributed by atoms with Gasteiger partial charge in [-0.2, -0.15) is 0 Å². The quantitative estimate of drug-likeness (QED) is 0.642. The number of aromatic amines is 1. The number of rotatable bonds is 7. The molecule has 0 saturated heterocycles. The van der Waals surface area contributed by atoms with E-state index in [1.165, 1.54) is 5.56 Å². The molecule has 3 aromatic rings. The fourth-order valence-electron chi connectivity index (χ4n) is 2.51. The summed E-state index contributed by atoms with van der Waals surface area (Å²) in [6.45, 7) is 2.44. The SMILES string of the molecule is Cc1cnc(C(=O)Nc2ccccc2OCCCc2ccccc2)[nH]1. The Morgan fingerprint density at radius 1 is 1.12 bits per heavy atom. The first-order chi connectivity index (χ1) is 12.2. The van der Waals surface area contributed by atoms with E-state index in [1.807, 2.05) is 49.4 Å². The molecule has 1 aromatic heterocycles. The van der Waals surface area contributed by atoms with Crippen LogP contribution in [0.5, 0.6) is 5.75 Å². The van der Waals surface area contributed by atoms with Crippen molar-refractivity contribution in [1.29, 1.82) is 0 Å². The van der Waals surface area contributed by atoms with Crippen molar-refractivity contribution >= 4 is 11.6 Å². The van der Waals surface area contributed by atoms with Gasteiger partial charge in [0, 0.05) is 11.9 Å². The third-order valence-electron chi connectivity index (χ3n) is 3.76. The van der Waals surface area contributed by atoms with Crippen molar-refractivity contribution in [3.05, 3.63) is 77.9 Å². The predicted molar refractivity (Wildman–Crippen MR) is 98.0 cm³/mol. The molecule has 2 N–H and O–H groups in total. The zero-order valence-corrected chi connectivity index (χ0v) is 14.2. The number of para-hydroxylation sites is 2. The molecule has 0 aliphatic carbocycles. The fraction of sp³-hybridized carbons (Fsp3) is 0.200. The van der Waals surface area contributed by atoms with Crippen LogP contribution >= 0.6 is 0 Å². The number of hydrogen-bond acceptors (Lipinski definition) is 3. The summed E-state index contributed by atoms with van der Waals surface area (Å²) < 4.78 is 5.86. The maximum Gasteiger partial charge on any atom is 0.291 e. The van der Waals surface area contributed by atoms with Crippen LogP contribution in [0.3, 0.4) is 0 Å². The van der Waals surface area contributed by atoms with Crippen LogP contribution in [0.25, 0.3) is 0 Å². The molecule has 0 atom stereocenters. The smallest absolute Gasteiger partial charge is 0.291 e. The highest BCUT2D eigenvalue weighted by Gasteiger charge is 2.12.